The van der Waals surface area contributed by atoms with E-state index in [1.165, 1.54) is 12.8 Å². The topological polar surface area (TPSA) is 46.3 Å². The summed E-state index contributed by atoms with van der Waals surface area (Å²) in [7, 11) is 1.89. The van der Waals surface area contributed by atoms with Gasteiger partial charge in [-0.2, -0.15) is 0 Å². The summed E-state index contributed by atoms with van der Waals surface area (Å²) in [5.41, 5.74) is 5.94. The molecule has 1 rings (SSSR count). The summed E-state index contributed by atoms with van der Waals surface area (Å²) in [6, 6.07) is 0.209. The Balaban J connectivity index is 2.16. The molecule has 1 saturated carbocycles. The second-order valence-corrected chi connectivity index (χ2v) is 5.16. The summed E-state index contributed by atoms with van der Waals surface area (Å²) in [6.45, 7) is 5.04. The molecule has 0 aromatic rings. The molecule has 0 aromatic carbocycles. The summed E-state index contributed by atoms with van der Waals surface area (Å²) < 4.78 is 0. The molecule has 1 atom stereocenters. The van der Waals surface area contributed by atoms with Crippen molar-refractivity contribution >= 4 is 5.91 Å². The van der Waals surface area contributed by atoms with Crippen molar-refractivity contribution in [2.75, 3.05) is 13.6 Å². The van der Waals surface area contributed by atoms with Gasteiger partial charge in [0.25, 0.3) is 0 Å². The zero-order chi connectivity index (χ0) is 11.4. The fourth-order valence-electron chi connectivity index (χ4n) is 1.53. The fraction of sp³-hybridized carbons (Fsp3) is 0.917. The van der Waals surface area contributed by atoms with Crippen LogP contribution in [-0.4, -0.2) is 30.4 Å². The predicted molar refractivity (Wildman–Crippen MR) is 62.4 cm³/mol. The lowest BCUT2D eigenvalue weighted by molar-refractivity contribution is -0.130. The van der Waals surface area contributed by atoms with Crippen molar-refractivity contribution in [3.8, 4) is 0 Å². The van der Waals surface area contributed by atoms with Crippen LogP contribution in [0.2, 0.25) is 0 Å². The van der Waals surface area contributed by atoms with E-state index in [-0.39, 0.29) is 11.9 Å². The molecule has 3 nitrogen and oxygen atoms in total. The van der Waals surface area contributed by atoms with Crippen LogP contribution in [0.25, 0.3) is 0 Å². The first kappa shape index (κ1) is 12.5. The molecular weight excluding hydrogens is 188 g/mol. The van der Waals surface area contributed by atoms with Crippen LogP contribution in [-0.2, 0) is 4.79 Å². The van der Waals surface area contributed by atoms with Gasteiger partial charge in [-0.1, -0.05) is 13.8 Å². The van der Waals surface area contributed by atoms with Crippen molar-refractivity contribution in [1.29, 1.82) is 0 Å². The first-order chi connectivity index (χ1) is 7.00. The highest BCUT2D eigenvalue weighted by Crippen LogP contribution is 2.32. The van der Waals surface area contributed by atoms with E-state index >= 15 is 0 Å². The summed E-state index contributed by atoms with van der Waals surface area (Å²) >= 11 is 0. The first-order valence-electron chi connectivity index (χ1n) is 6.00. The van der Waals surface area contributed by atoms with Crippen LogP contribution in [0.1, 0.15) is 39.5 Å². The van der Waals surface area contributed by atoms with Gasteiger partial charge in [-0.25, -0.2) is 0 Å². The number of hydrogen-bond donors (Lipinski definition) is 1. The van der Waals surface area contributed by atoms with Crippen molar-refractivity contribution in [2.45, 2.75) is 45.6 Å². The van der Waals surface area contributed by atoms with Gasteiger partial charge in [0.15, 0.2) is 0 Å². The minimum atomic E-state index is 0.209. The number of amides is 1. The predicted octanol–water partition coefficient (Wildman–Crippen LogP) is 1.62. The molecule has 0 bridgehead atoms. The Morgan fingerprint density at radius 2 is 2.07 bits per heavy atom. The van der Waals surface area contributed by atoms with Crippen LogP contribution in [0.3, 0.4) is 0 Å². The smallest absolute Gasteiger partial charge is 0.222 e. The minimum Gasteiger partial charge on any atom is -0.346 e. The van der Waals surface area contributed by atoms with Crippen molar-refractivity contribution in [3.05, 3.63) is 0 Å². The molecule has 0 heterocycles. The average Bonchev–Trinajstić information content (AvgIpc) is 2.96. The van der Waals surface area contributed by atoms with Gasteiger partial charge in [-0.15, -0.1) is 0 Å². The van der Waals surface area contributed by atoms with Gasteiger partial charge in [0.05, 0.1) is 0 Å². The Hall–Kier alpha value is -0.570. The summed E-state index contributed by atoms with van der Waals surface area (Å²) in [6.07, 6.45) is 4.13. The number of rotatable bonds is 6. The van der Waals surface area contributed by atoms with E-state index in [1.54, 1.807) is 0 Å². The molecule has 1 fully saturated rings. The summed E-state index contributed by atoms with van der Waals surface area (Å²) in [5.74, 6) is 1.46. The van der Waals surface area contributed by atoms with Crippen LogP contribution < -0.4 is 5.73 Å². The standard InChI is InChI=1S/C12H24N2O/c1-9(2)11(13)6-7-14(3)12(15)8-10-4-5-10/h9-11H,4-8,13H2,1-3H3. The molecule has 3 heteroatoms. The van der Waals surface area contributed by atoms with Crippen LogP contribution >= 0.6 is 0 Å². The minimum absolute atomic E-state index is 0.209. The zero-order valence-corrected chi connectivity index (χ0v) is 10.2. The van der Waals surface area contributed by atoms with Gasteiger partial charge < -0.3 is 10.6 Å². The van der Waals surface area contributed by atoms with Gasteiger partial charge in [0.1, 0.15) is 0 Å². The summed E-state index contributed by atoms with van der Waals surface area (Å²) in [5, 5.41) is 0. The monoisotopic (exact) mass is 212 g/mol. The third-order valence-corrected chi connectivity index (χ3v) is 3.24. The highest BCUT2D eigenvalue weighted by Gasteiger charge is 2.25. The van der Waals surface area contributed by atoms with Gasteiger partial charge in [-0.3, -0.25) is 4.79 Å². The van der Waals surface area contributed by atoms with E-state index in [2.05, 4.69) is 13.8 Å². The normalized spacial score (nSPS) is 17.9. The van der Waals surface area contributed by atoms with E-state index in [0.717, 1.165) is 19.4 Å². The molecule has 0 radical (unpaired) electrons. The third-order valence-electron chi connectivity index (χ3n) is 3.24. The molecule has 1 unspecified atom stereocenters. The maximum Gasteiger partial charge on any atom is 0.222 e. The van der Waals surface area contributed by atoms with E-state index in [4.69, 9.17) is 5.73 Å². The lowest BCUT2D eigenvalue weighted by Crippen LogP contribution is -2.34. The van der Waals surface area contributed by atoms with Crippen molar-refractivity contribution in [1.82, 2.24) is 4.90 Å². The highest BCUT2D eigenvalue weighted by atomic mass is 16.2. The molecular formula is C12H24N2O. The first-order valence-corrected chi connectivity index (χ1v) is 6.00. The molecule has 0 aromatic heterocycles. The fourth-order valence-corrected chi connectivity index (χ4v) is 1.53. The number of carbonyl (C=O) groups excluding carboxylic acids is 1. The Kier molecular flexibility index (Phi) is 4.58. The lowest BCUT2D eigenvalue weighted by Gasteiger charge is -2.21. The molecule has 1 aliphatic carbocycles. The average molecular weight is 212 g/mol. The van der Waals surface area contributed by atoms with E-state index in [0.29, 0.717) is 11.8 Å². The number of hydrogen-bond acceptors (Lipinski definition) is 2. The number of nitrogens with zero attached hydrogens (tertiary/aromatic N) is 1. The van der Waals surface area contributed by atoms with E-state index in [9.17, 15) is 4.79 Å². The maximum absolute atomic E-state index is 11.7. The molecule has 2 N–H and O–H groups in total. The Labute approximate surface area is 93.0 Å². The van der Waals surface area contributed by atoms with Gasteiger partial charge in [0.2, 0.25) is 5.91 Å². The molecule has 1 aliphatic rings. The van der Waals surface area contributed by atoms with Gasteiger partial charge in [0, 0.05) is 26.1 Å². The van der Waals surface area contributed by atoms with Crippen LogP contribution in [0, 0.1) is 11.8 Å². The van der Waals surface area contributed by atoms with Crippen LogP contribution in [0.15, 0.2) is 0 Å². The third kappa shape index (κ3) is 4.65. The lowest BCUT2D eigenvalue weighted by atomic mass is 10.0. The SMILES string of the molecule is CC(C)C(N)CCN(C)C(=O)CC1CC1. The Morgan fingerprint density at radius 3 is 2.53 bits per heavy atom. The highest BCUT2D eigenvalue weighted by molar-refractivity contribution is 5.76. The van der Waals surface area contributed by atoms with Crippen LogP contribution in [0.4, 0.5) is 0 Å². The molecule has 0 spiro atoms. The van der Waals surface area contributed by atoms with Crippen molar-refractivity contribution in [3.63, 3.8) is 0 Å². The number of carbonyl (C=O) groups is 1. The molecule has 15 heavy (non-hydrogen) atoms. The second-order valence-electron chi connectivity index (χ2n) is 5.16. The molecule has 0 aliphatic heterocycles. The Morgan fingerprint density at radius 1 is 1.47 bits per heavy atom. The number of nitrogens with two attached hydrogens (primary N) is 1. The van der Waals surface area contributed by atoms with Crippen molar-refractivity contribution in [2.24, 2.45) is 17.6 Å². The second kappa shape index (κ2) is 5.50. The van der Waals surface area contributed by atoms with Gasteiger partial charge >= 0.3 is 0 Å². The van der Waals surface area contributed by atoms with Gasteiger partial charge in [-0.05, 0) is 31.1 Å². The maximum atomic E-state index is 11.7. The molecule has 0 saturated heterocycles. The van der Waals surface area contributed by atoms with Crippen molar-refractivity contribution < 1.29 is 4.79 Å². The largest absolute Gasteiger partial charge is 0.346 e. The molecule has 88 valence electrons. The molecule has 1 amide bonds. The van der Waals surface area contributed by atoms with E-state index < -0.39 is 0 Å². The van der Waals surface area contributed by atoms with E-state index in [1.807, 2.05) is 11.9 Å². The zero-order valence-electron chi connectivity index (χ0n) is 10.2. The summed E-state index contributed by atoms with van der Waals surface area (Å²) in [4.78, 5) is 13.5. The Bertz CT molecular complexity index is 212. The van der Waals surface area contributed by atoms with Crippen LogP contribution in [0.5, 0.6) is 0 Å². The quantitative estimate of drug-likeness (QED) is 0.727.